The predicted molar refractivity (Wildman–Crippen MR) is 95.8 cm³/mol. The third-order valence-corrected chi connectivity index (χ3v) is 4.05. The van der Waals surface area contributed by atoms with Gasteiger partial charge in [0.15, 0.2) is 0 Å². The van der Waals surface area contributed by atoms with E-state index in [1.807, 2.05) is 6.92 Å². The Morgan fingerprint density at radius 2 is 1.92 bits per heavy atom. The number of methoxy groups -OCH3 is 1. The maximum atomic E-state index is 12.7. The van der Waals surface area contributed by atoms with Crippen molar-refractivity contribution in [1.82, 2.24) is 4.98 Å². The number of ether oxygens (including phenoxy) is 2. The number of hydrogen-bond acceptors (Lipinski definition) is 4. The van der Waals surface area contributed by atoms with Gasteiger partial charge in [-0.15, -0.1) is 0 Å². The molecule has 2 rings (SSSR count). The lowest BCUT2D eigenvalue weighted by Crippen LogP contribution is -2.16. The number of nitrogens with one attached hydrogen (secondary N) is 1. The zero-order valence-electron chi connectivity index (χ0n) is 14.0. The number of nitrogens with zero attached hydrogens (tertiary/aromatic N) is 1. The van der Waals surface area contributed by atoms with E-state index >= 15 is 0 Å². The first kappa shape index (κ1) is 20.2. The Bertz CT molecular complexity index is 784. The van der Waals surface area contributed by atoms with Crippen LogP contribution in [-0.2, 0) is 6.42 Å². The van der Waals surface area contributed by atoms with E-state index in [-0.39, 0.29) is 32.8 Å². The summed E-state index contributed by atoms with van der Waals surface area (Å²) in [5.74, 6) is -0.433. The third kappa shape index (κ3) is 4.53. The standard InChI is InChI=1S/C17H16Cl2F2N2O3/c1-3-4-9-13(26-17(20)21)6-5-10(15(9)25-2)16(24)23-14-11(18)7-22-8-12(14)19/h5-8,17H,3-4H2,1-2H3,(H,22,23,24). The Morgan fingerprint density at radius 1 is 1.27 bits per heavy atom. The number of rotatable bonds is 7. The number of pyridine rings is 1. The van der Waals surface area contributed by atoms with Crippen LogP contribution in [0.1, 0.15) is 29.3 Å². The molecule has 0 fully saturated rings. The Morgan fingerprint density at radius 3 is 2.46 bits per heavy atom. The second-order valence-corrected chi connectivity index (χ2v) is 6.00. The monoisotopic (exact) mass is 404 g/mol. The smallest absolute Gasteiger partial charge is 0.387 e. The summed E-state index contributed by atoms with van der Waals surface area (Å²) in [5.41, 5.74) is 0.719. The van der Waals surface area contributed by atoms with Crippen LogP contribution < -0.4 is 14.8 Å². The van der Waals surface area contributed by atoms with Gasteiger partial charge >= 0.3 is 6.61 Å². The molecule has 0 spiro atoms. The van der Waals surface area contributed by atoms with Gasteiger partial charge < -0.3 is 14.8 Å². The minimum absolute atomic E-state index is 0.0322. The number of hydrogen-bond donors (Lipinski definition) is 1. The first-order valence-electron chi connectivity index (χ1n) is 7.64. The number of halogens is 4. The highest BCUT2D eigenvalue weighted by molar-refractivity contribution is 6.39. The van der Waals surface area contributed by atoms with Gasteiger partial charge in [0.25, 0.3) is 5.91 Å². The highest BCUT2D eigenvalue weighted by Crippen LogP contribution is 2.36. The van der Waals surface area contributed by atoms with E-state index in [1.54, 1.807) is 0 Å². The van der Waals surface area contributed by atoms with Gasteiger partial charge in [-0.05, 0) is 18.6 Å². The van der Waals surface area contributed by atoms with E-state index in [1.165, 1.54) is 31.6 Å². The number of carbonyl (C=O) groups excluding carboxylic acids is 1. The van der Waals surface area contributed by atoms with E-state index < -0.39 is 12.5 Å². The second-order valence-electron chi connectivity index (χ2n) is 5.18. The van der Waals surface area contributed by atoms with Crippen LogP contribution in [-0.4, -0.2) is 24.6 Å². The summed E-state index contributed by atoms with van der Waals surface area (Å²) < 4.78 is 35.1. The summed E-state index contributed by atoms with van der Waals surface area (Å²) in [5, 5.41) is 2.91. The second kappa shape index (κ2) is 9.00. The summed E-state index contributed by atoms with van der Waals surface area (Å²) >= 11 is 12.0. The molecule has 5 nitrogen and oxygen atoms in total. The third-order valence-electron chi connectivity index (χ3n) is 3.47. The summed E-state index contributed by atoms with van der Waals surface area (Å²) in [6.45, 7) is -1.11. The van der Waals surface area contributed by atoms with Crippen molar-refractivity contribution in [3.8, 4) is 11.5 Å². The maximum Gasteiger partial charge on any atom is 0.387 e. The molecule has 2 aromatic rings. The topological polar surface area (TPSA) is 60.5 Å². The summed E-state index contributed by atoms with van der Waals surface area (Å²) in [4.78, 5) is 16.5. The van der Waals surface area contributed by atoms with E-state index in [0.717, 1.165) is 0 Å². The Labute approximate surface area is 159 Å². The maximum absolute atomic E-state index is 12.7. The number of alkyl halides is 2. The first-order chi connectivity index (χ1) is 12.4. The highest BCUT2D eigenvalue weighted by atomic mass is 35.5. The fourth-order valence-electron chi connectivity index (χ4n) is 2.43. The zero-order valence-corrected chi connectivity index (χ0v) is 15.5. The van der Waals surface area contributed by atoms with Crippen molar-refractivity contribution in [2.75, 3.05) is 12.4 Å². The molecule has 1 aromatic heterocycles. The lowest BCUT2D eigenvalue weighted by molar-refractivity contribution is -0.0505. The summed E-state index contributed by atoms with van der Waals surface area (Å²) in [6, 6.07) is 2.65. The number of anilines is 1. The van der Waals surface area contributed by atoms with Crippen LogP contribution in [0.15, 0.2) is 24.5 Å². The molecule has 0 saturated heterocycles. The van der Waals surface area contributed by atoms with Crippen LogP contribution >= 0.6 is 23.2 Å². The van der Waals surface area contributed by atoms with Crippen LogP contribution in [0.25, 0.3) is 0 Å². The van der Waals surface area contributed by atoms with Crippen molar-refractivity contribution in [2.45, 2.75) is 26.4 Å². The fraction of sp³-hybridized carbons (Fsp3) is 0.294. The Hall–Kier alpha value is -2.12. The van der Waals surface area contributed by atoms with Crippen molar-refractivity contribution < 1.29 is 23.0 Å². The SMILES string of the molecule is CCCc1c(OC(F)F)ccc(C(=O)Nc2c(Cl)cncc2Cl)c1OC. The van der Waals surface area contributed by atoms with Gasteiger partial charge in [-0.2, -0.15) is 8.78 Å². The Kier molecular flexibility index (Phi) is 6.99. The molecule has 0 aliphatic rings. The molecule has 1 heterocycles. The van der Waals surface area contributed by atoms with E-state index in [4.69, 9.17) is 27.9 Å². The quantitative estimate of drug-likeness (QED) is 0.688. The fourth-order valence-corrected chi connectivity index (χ4v) is 2.89. The van der Waals surface area contributed by atoms with Gasteiger partial charge in [-0.3, -0.25) is 9.78 Å². The zero-order chi connectivity index (χ0) is 19.3. The van der Waals surface area contributed by atoms with Gasteiger partial charge in [-0.25, -0.2) is 0 Å². The average Bonchev–Trinajstić information content (AvgIpc) is 2.59. The van der Waals surface area contributed by atoms with Gasteiger partial charge in [0.1, 0.15) is 11.5 Å². The molecule has 0 aliphatic heterocycles. The largest absolute Gasteiger partial charge is 0.495 e. The van der Waals surface area contributed by atoms with Crippen molar-refractivity contribution in [1.29, 1.82) is 0 Å². The van der Waals surface area contributed by atoms with Gasteiger partial charge in [0.2, 0.25) is 0 Å². The number of amides is 1. The first-order valence-corrected chi connectivity index (χ1v) is 8.39. The van der Waals surface area contributed by atoms with Crippen LogP contribution in [0, 0.1) is 0 Å². The molecule has 1 amide bonds. The molecule has 140 valence electrons. The lowest BCUT2D eigenvalue weighted by Gasteiger charge is -2.17. The molecule has 0 aliphatic carbocycles. The lowest BCUT2D eigenvalue weighted by atomic mass is 10.0. The average molecular weight is 405 g/mol. The Balaban J connectivity index is 2.45. The molecule has 9 heteroatoms. The molecular formula is C17H16Cl2F2N2O3. The summed E-state index contributed by atoms with van der Waals surface area (Å²) in [7, 11) is 1.35. The molecule has 0 atom stereocenters. The van der Waals surface area contributed by atoms with Crippen LogP contribution in [0.3, 0.4) is 0 Å². The number of carbonyl (C=O) groups is 1. The van der Waals surface area contributed by atoms with Crippen LogP contribution in [0.2, 0.25) is 10.0 Å². The normalized spacial score (nSPS) is 10.7. The van der Waals surface area contributed by atoms with Crippen molar-refractivity contribution >= 4 is 34.8 Å². The van der Waals surface area contributed by atoms with E-state index in [0.29, 0.717) is 18.4 Å². The van der Waals surface area contributed by atoms with Gasteiger partial charge in [0, 0.05) is 18.0 Å². The molecule has 0 bridgehead atoms. The minimum atomic E-state index is -2.98. The predicted octanol–water partition coefficient (Wildman–Crippen LogP) is 5.20. The highest BCUT2D eigenvalue weighted by Gasteiger charge is 2.22. The van der Waals surface area contributed by atoms with Crippen molar-refractivity contribution in [3.05, 3.63) is 45.7 Å². The van der Waals surface area contributed by atoms with Crippen LogP contribution in [0.5, 0.6) is 11.5 Å². The molecule has 0 saturated carbocycles. The molecule has 0 radical (unpaired) electrons. The van der Waals surface area contributed by atoms with Gasteiger partial charge in [-0.1, -0.05) is 36.5 Å². The van der Waals surface area contributed by atoms with E-state index in [9.17, 15) is 13.6 Å². The van der Waals surface area contributed by atoms with Crippen molar-refractivity contribution in [2.24, 2.45) is 0 Å². The van der Waals surface area contributed by atoms with Gasteiger partial charge in [0.05, 0.1) is 28.4 Å². The molecular weight excluding hydrogens is 389 g/mol. The van der Waals surface area contributed by atoms with Crippen LogP contribution in [0.4, 0.5) is 14.5 Å². The van der Waals surface area contributed by atoms with E-state index in [2.05, 4.69) is 15.0 Å². The summed E-state index contributed by atoms with van der Waals surface area (Å²) in [6.07, 6.45) is 3.71. The number of benzene rings is 1. The molecule has 26 heavy (non-hydrogen) atoms. The molecule has 1 aromatic carbocycles. The molecule has 1 N–H and O–H groups in total. The minimum Gasteiger partial charge on any atom is -0.495 e. The van der Waals surface area contributed by atoms with Crippen molar-refractivity contribution in [3.63, 3.8) is 0 Å². The molecule has 0 unspecified atom stereocenters. The number of aromatic nitrogens is 1.